The molecule has 8 nitrogen and oxygen atoms in total. The van der Waals surface area contributed by atoms with Gasteiger partial charge in [0.25, 0.3) is 15.7 Å². The summed E-state index contributed by atoms with van der Waals surface area (Å²) in [6, 6.07) is 9.33. The Morgan fingerprint density at radius 3 is 2.40 bits per heavy atom. The number of nitro benzene ring substituents is 1. The Balaban J connectivity index is 2.26. The molecule has 25 heavy (non-hydrogen) atoms. The fraction of sp³-hybridized carbons (Fsp3) is 0.188. The average Bonchev–Trinajstić information content (AvgIpc) is 2.55. The summed E-state index contributed by atoms with van der Waals surface area (Å²) in [5, 5.41) is 11.0. The maximum Gasteiger partial charge on any atom is 0.338 e. The number of rotatable bonds is 6. The number of aryl methyl sites for hydroxylation is 1. The van der Waals surface area contributed by atoms with E-state index >= 15 is 0 Å². The van der Waals surface area contributed by atoms with E-state index in [0.717, 1.165) is 6.07 Å². The molecule has 9 heteroatoms. The van der Waals surface area contributed by atoms with Crippen molar-refractivity contribution in [3.63, 3.8) is 0 Å². The minimum Gasteiger partial charge on any atom is -0.462 e. The second kappa shape index (κ2) is 7.31. The van der Waals surface area contributed by atoms with Crippen LogP contribution in [0.3, 0.4) is 0 Å². The quantitative estimate of drug-likeness (QED) is 0.479. The van der Waals surface area contributed by atoms with Crippen LogP contribution in [0.4, 0.5) is 11.4 Å². The molecule has 0 atom stereocenters. The van der Waals surface area contributed by atoms with E-state index in [-0.39, 0.29) is 28.4 Å². The summed E-state index contributed by atoms with van der Waals surface area (Å²) in [7, 11) is -4.00. The van der Waals surface area contributed by atoms with Gasteiger partial charge in [-0.05, 0) is 44.2 Å². The minimum atomic E-state index is -4.00. The van der Waals surface area contributed by atoms with Gasteiger partial charge in [0.15, 0.2) is 0 Å². The van der Waals surface area contributed by atoms with Gasteiger partial charge in [-0.15, -0.1) is 0 Å². The number of carbonyl (C=O) groups excluding carboxylic acids is 1. The Bertz CT molecular complexity index is 907. The van der Waals surface area contributed by atoms with Gasteiger partial charge in [-0.1, -0.05) is 6.07 Å². The van der Waals surface area contributed by atoms with E-state index in [0.29, 0.717) is 5.56 Å². The van der Waals surface area contributed by atoms with Crippen LogP contribution in [0.15, 0.2) is 47.4 Å². The van der Waals surface area contributed by atoms with Crippen molar-refractivity contribution in [3.8, 4) is 0 Å². The van der Waals surface area contributed by atoms with Crippen LogP contribution in [0.1, 0.15) is 22.8 Å². The first-order valence-corrected chi connectivity index (χ1v) is 8.78. The summed E-state index contributed by atoms with van der Waals surface area (Å²) in [4.78, 5) is 21.7. The first kappa shape index (κ1) is 18.4. The maximum atomic E-state index is 12.4. The van der Waals surface area contributed by atoms with Crippen molar-refractivity contribution in [1.29, 1.82) is 0 Å². The zero-order chi connectivity index (χ0) is 18.6. The lowest BCUT2D eigenvalue weighted by Gasteiger charge is -2.09. The van der Waals surface area contributed by atoms with Crippen LogP contribution >= 0.6 is 0 Å². The third-order valence-electron chi connectivity index (χ3n) is 3.34. The predicted octanol–water partition coefficient (Wildman–Crippen LogP) is 2.88. The van der Waals surface area contributed by atoms with Gasteiger partial charge in [0, 0.05) is 17.3 Å². The molecule has 132 valence electrons. The molecule has 0 fully saturated rings. The lowest BCUT2D eigenvalue weighted by molar-refractivity contribution is -0.385. The average molecular weight is 364 g/mol. The molecule has 2 aromatic rings. The van der Waals surface area contributed by atoms with Crippen LogP contribution < -0.4 is 4.72 Å². The van der Waals surface area contributed by atoms with E-state index in [2.05, 4.69) is 4.72 Å². The molecule has 0 saturated carbocycles. The summed E-state index contributed by atoms with van der Waals surface area (Å²) in [5.41, 5.74) is 0.593. The summed E-state index contributed by atoms with van der Waals surface area (Å²) >= 11 is 0. The third-order valence-corrected chi connectivity index (χ3v) is 4.71. The van der Waals surface area contributed by atoms with Gasteiger partial charge in [-0.2, -0.15) is 0 Å². The standard InChI is InChI=1S/C16H16N2O6S/c1-3-24-16(19)12-5-7-13(8-6-12)17-25(22,23)14-9-4-11(2)15(10-14)18(20)21/h4-10,17H,3H2,1-2H3. The van der Waals surface area contributed by atoms with Crippen LogP contribution in [0.25, 0.3) is 0 Å². The summed E-state index contributed by atoms with van der Waals surface area (Å²) < 4.78 is 31.9. The van der Waals surface area contributed by atoms with Crippen LogP contribution in [0, 0.1) is 17.0 Å². The molecule has 0 saturated heterocycles. The third kappa shape index (κ3) is 4.32. The van der Waals surface area contributed by atoms with Gasteiger partial charge >= 0.3 is 5.97 Å². The molecular weight excluding hydrogens is 348 g/mol. The SMILES string of the molecule is CCOC(=O)c1ccc(NS(=O)(=O)c2ccc(C)c([N+](=O)[O-])c2)cc1. The summed E-state index contributed by atoms with van der Waals surface area (Å²) in [6.07, 6.45) is 0. The van der Waals surface area contributed by atoms with Gasteiger partial charge in [-0.3, -0.25) is 14.8 Å². The van der Waals surface area contributed by atoms with E-state index in [1.807, 2.05) is 0 Å². The summed E-state index contributed by atoms with van der Waals surface area (Å²) in [5.74, 6) is -0.508. The molecule has 0 spiro atoms. The zero-order valence-corrected chi connectivity index (χ0v) is 14.4. The van der Waals surface area contributed by atoms with Crippen molar-refractivity contribution in [3.05, 3.63) is 63.7 Å². The fourth-order valence-electron chi connectivity index (χ4n) is 2.06. The number of hydrogen-bond acceptors (Lipinski definition) is 6. The Morgan fingerprint density at radius 1 is 1.20 bits per heavy atom. The molecule has 0 aromatic heterocycles. The van der Waals surface area contributed by atoms with Crippen molar-refractivity contribution in [2.24, 2.45) is 0 Å². The number of carbonyl (C=O) groups is 1. The van der Waals surface area contributed by atoms with Crippen molar-refractivity contribution in [2.45, 2.75) is 18.7 Å². The van der Waals surface area contributed by atoms with Crippen molar-refractivity contribution >= 4 is 27.4 Å². The number of nitrogens with one attached hydrogen (secondary N) is 1. The molecule has 0 radical (unpaired) electrons. The van der Waals surface area contributed by atoms with Gasteiger partial charge in [0.2, 0.25) is 0 Å². The molecule has 0 heterocycles. The topological polar surface area (TPSA) is 116 Å². The molecule has 0 aliphatic carbocycles. The van der Waals surface area contributed by atoms with Gasteiger partial charge < -0.3 is 4.74 Å². The number of benzene rings is 2. The van der Waals surface area contributed by atoms with E-state index in [1.165, 1.54) is 43.3 Å². The molecule has 1 N–H and O–H groups in total. The zero-order valence-electron chi connectivity index (χ0n) is 13.6. The number of hydrogen-bond donors (Lipinski definition) is 1. The van der Waals surface area contributed by atoms with Crippen molar-refractivity contribution < 1.29 is 22.9 Å². The van der Waals surface area contributed by atoms with Crippen molar-refractivity contribution in [1.82, 2.24) is 0 Å². The van der Waals surface area contributed by atoms with Crippen molar-refractivity contribution in [2.75, 3.05) is 11.3 Å². The lowest BCUT2D eigenvalue weighted by atomic mass is 10.2. The number of esters is 1. The Labute approximate surface area is 144 Å². The molecule has 2 rings (SSSR count). The van der Waals surface area contributed by atoms with E-state index in [9.17, 15) is 23.3 Å². The lowest BCUT2D eigenvalue weighted by Crippen LogP contribution is -2.13. The Morgan fingerprint density at radius 2 is 1.84 bits per heavy atom. The number of anilines is 1. The molecule has 0 aliphatic rings. The molecular formula is C16H16N2O6S. The number of nitrogens with zero attached hydrogens (tertiary/aromatic N) is 1. The first-order chi connectivity index (χ1) is 11.7. The van der Waals surface area contributed by atoms with Gasteiger partial charge in [0.05, 0.1) is 22.0 Å². The van der Waals surface area contributed by atoms with Gasteiger partial charge in [0.1, 0.15) is 0 Å². The monoisotopic (exact) mass is 364 g/mol. The Kier molecular flexibility index (Phi) is 5.38. The predicted molar refractivity (Wildman–Crippen MR) is 91.0 cm³/mol. The highest BCUT2D eigenvalue weighted by Gasteiger charge is 2.20. The molecule has 0 unspecified atom stereocenters. The van der Waals surface area contributed by atoms with E-state index < -0.39 is 20.9 Å². The second-order valence-corrected chi connectivity index (χ2v) is 6.79. The molecule has 2 aromatic carbocycles. The normalized spacial score (nSPS) is 11.0. The van der Waals surface area contributed by atoms with Crippen LogP contribution in [0.2, 0.25) is 0 Å². The Hall–Kier alpha value is -2.94. The highest BCUT2D eigenvalue weighted by molar-refractivity contribution is 7.92. The fourth-order valence-corrected chi connectivity index (χ4v) is 3.13. The first-order valence-electron chi connectivity index (χ1n) is 7.29. The largest absolute Gasteiger partial charge is 0.462 e. The van der Waals surface area contributed by atoms with Crippen LogP contribution in [-0.4, -0.2) is 25.9 Å². The second-order valence-electron chi connectivity index (χ2n) is 5.11. The van der Waals surface area contributed by atoms with E-state index in [4.69, 9.17) is 4.74 Å². The minimum absolute atomic E-state index is 0.219. The summed E-state index contributed by atoms with van der Waals surface area (Å²) in [6.45, 7) is 3.44. The molecule has 0 bridgehead atoms. The highest BCUT2D eigenvalue weighted by Crippen LogP contribution is 2.24. The van der Waals surface area contributed by atoms with E-state index in [1.54, 1.807) is 6.92 Å². The molecule has 0 aliphatic heterocycles. The number of sulfonamides is 1. The van der Waals surface area contributed by atoms with Crippen LogP contribution in [-0.2, 0) is 14.8 Å². The van der Waals surface area contributed by atoms with Crippen LogP contribution in [0.5, 0.6) is 0 Å². The van der Waals surface area contributed by atoms with Gasteiger partial charge in [-0.25, -0.2) is 13.2 Å². The highest BCUT2D eigenvalue weighted by atomic mass is 32.2. The maximum absolute atomic E-state index is 12.4. The molecule has 0 amide bonds. The smallest absolute Gasteiger partial charge is 0.338 e. The number of nitro groups is 1. The number of ether oxygens (including phenoxy) is 1.